The molecule has 96 valence electrons. The van der Waals surface area contributed by atoms with E-state index < -0.39 is 0 Å². The van der Waals surface area contributed by atoms with Crippen LogP contribution in [0.15, 0.2) is 23.8 Å². The third kappa shape index (κ3) is 3.17. The number of para-hydroxylation sites is 1. The number of hydrogen-bond donors (Lipinski definition) is 0. The molecule has 1 aliphatic rings. The third-order valence-corrected chi connectivity index (χ3v) is 4.04. The minimum Gasteiger partial charge on any atom is -0.478 e. The van der Waals surface area contributed by atoms with Gasteiger partial charge in [-0.1, -0.05) is 12.1 Å². The molecule has 0 saturated heterocycles. The van der Waals surface area contributed by atoms with E-state index in [0.29, 0.717) is 18.6 Å². The molecule has 0 bridgehead atoms. The topological polar surface area (TPSA) is 35.5 Å². The summed E-state index contributed by atoms with van der Waals surface area (Å²) >= 11 is 4.44. The van der Waals surface area contributed by atoms with E-state index in [9.17, 15) is 4.79 Å². The maximum Gasteiger partial charge on any atom is 0.334 e. The smallest absolute Gasteiger partial charge is 0.334 e. The molecule has 0 amide bonds. The summed E-state index contributed by atoms with van der Waals surface area (Å²) in [5.74, 6) is 0.589. The molecule has 1 unspecified atom stereocenters. The monoisotopic (exact) mass is 470 g/mol. The van der Waals surface area contributed by atoms with E-state index in [-0.39, 0.29) is 10.1 Å². The van der Waals surface area contributed by atoms with E-state index in [0.717, 1.165) is 14.9 Å². The first-order chi connectivity index (χ1) is 8.61. The van der Waals surface area contributed by atoms with Crippen LogP contribution in [-0.4, -0.2) is 16.7 Å². The minimum absolute atomic E-state index is 0.0598. The maximum atomic E-state index is 11.8. The lowest BCUT2D eigenvalue weighted by Crippen LogP contribution is -2.13. The van der Waals surface area contributed by atoms with Gasteiger partial charge >= 0.3 is 5.97 Å². The van der Waals surface area contributed by atoms with Crippen molar-refractivity contribution >= 4 is 57.2 Å². The summed E-state index contributed by atoms with van der Waals surface area (Å²) in [5, 5.41) is 0. The molecule has 0 radical (unpaired) electrons. The summed E-state index contributed by atoms with van der Waals surface area (Å²) in [6.45, 7) is 2.20. The number of carbonyl (C=O) groups excluding carboxylic acids is 1. The Morgan fingerprint density at radius 2 is 2.33 bits per heavy atom. The van der Waals surface area contributed by atoms with Crippen LogP contribution in [0.2, 0.25) is 0 Å². The largest absolute Gasteiger partial charge is 0.478 e. The fourth-order valence-electron chi connectivity index (χ4n) is 1.72. The number of rotatable bonds is 2. The van der Waals surface area contributed by atoms with Crippen LogP contribution in [-0.2, 0) is 9.53 Å². The first-order valence-corrected chi connectivity index (χ1v) is 7.91. The molecule has 5 heteroatoms. The Balaban J connectivity index is 2.41. The van der Waals surface area contributed by atoms with Gasteiger partial charge in [0.2, 0.25) is 0 Å². The molecule has 1 aliphatic heterocycles. The van der Waals surface area contributed by atoms with Gasteiger partial charge in [-0.15, -0.1) is 0 Å². The lowest BCUT2D eigenvalue weighted by atomic mass is 10.1. The van der Waals surface area contributed by atoms with Crippen LogP contribution in [0.1, 0.15) is 18.9 Å². The predicted molar refractivity (Wildman–Crippen MR) is 86.8 cm³/mol. The number of halogens is 2. The zero-order valence-corrected chi connectivity index (χ0v) is 14.1. The summed E-state index contributed by atoms with van der Waals surface area (Å²) in [6, 6.07) is 5.90. The molecule has 1 heterocycles. The van der Waals surface area contributed by atoms with Crippen molar-refractivity contribution in [2.24, 2.45) is 0 Å². The van der Waals surface area contributed by atoms with Crippen molar-refractivity contribution in [3.05, 3.63) is 32.9 Å². The minimum atomic E-state index is -0.255. The number of ether oxygens (including phenoxy) is 2. The van der Waals surface area contributed by atoms with Crippen LogP contribution >= 0.6 is 45.2 Å². The average Bonchev–Trinajstić information content (AvgIpc) is 2.49. The van der Waals surface area contributed by atoms with Gasteiger partial charge in [0.05, 0.1) is 10.2 Å². The Morgan fingerprint density at radius 3 is 3.06 bits per heavy atom. The highest BCUT2D eigenvalue weighted by Gasteiger charge is 2.22. The molecule has 0 aromatic heterocycles. The second kappa shape index (κ2) is 6.23. The standard InChI is InChI=1S/C13H12I2O3/c1-2-17-13(16)9-6-8-4-3-5-10(14)12(8)18-11(15)7-9/h3-6,11H,2,7H2,1H3. The highest BCUT2D eigenvalue weighted by molar-refractivity contribution is 14.1. The summed E-state index contributed by atoms with van der Waals surface area (Å²) in [4.78, 5) is 11.8. The zero-order chi connectivity index (χ0) is 13.1. The third-order valence-electron chi connectivity index (χ3n) is 2.49. The van der Waals surface area contributed by atoms with E-state index in [1.807, 2.05) is 31.2 Å². The number of esters is 1. The van der Waals surface area contributed by atoms with Crippen molar-refractivity contribution < 1.29 is 14.3 Å². The lowest BCUT2D eigenvalue weighted by Gasteiger charge is -2.13. The van der Waals surface area contributed by atoms with Crippen molar-refractivity contribution in [2.45, 2.75) is 17.5 Å². The molecule has 0 saturated carbocycles. The molecule has 1 atom stereocenters. The van der Waals surface area contributed by atoms with Gasteiger partial charge in [-0.2, -0.15) is 0 Å². The predicted octanol–water partition coefficient (Wildman–Crippen LogP) is 3.78. The molecule has 0 spiro atoms. The number of benzene rings is 1. The Bertz CT molecular complexity index is 497. The van der Waals surface area contributed by atoms with Crippen LogP contribution in [0.25, 0.3) is 6.08 Å². The van der Waals surface area contributed by atoms with Gasteiger partial charge in [0.25, 0.3) is 0 Å². The van der Waals surface area contributed by atoms with Gasteiger partial charge in [0, 0.05) is 17.6 Å². The molecular formula is C13H12I2O3. The van der Waals surface area contributed by atoms with E-state index in [4.69, 9.17) is 9.47 Å². The van der Waals surface area contributed by atoms with E-state index in [2.05, 4.69) is 45.2 Å². The summed E-state index contributed by atoms with van der Waals surface area (Å²) < 4.78 is 11.9. The highest BCUT2D eigenvalue weighted by atomic mass is 127. The number of fused-ring (bicyclic) bond motifs is 1. The first-order valence-electron chi connectivity index (χ1n) is 5.58. The molecular weight excluding hydrogens is 458 g/mol. The van der Waals surface area contributed by atoms with E-state index in [1.165, 1.54) is 0 Å². The van der Waals surface area contributed by atoms with Gasteiger partial charge in [0.1, 0.15) is 5.75 Å². The molecule has 0 fully saturated rings. The number of carbonyl (C=O) groups is 1. The summed E-state index contributed by atoms with van der Waals surface area (Å²) in [7, 11) is 0. The van der Waals surface area contributed by atoms with Gasteiger partial charge in [-0.3, -0.25) is 0 Å². The molecule has 3 nitrogen and oxygen atoms in total. The van der Waals surface area contributed by atoms with E-state index >= 15 is 0 Å². The Kier molecular flexibility index (Phi) is 4.88. The summed E-state index contributed by atoms with van der Waals surface area (Å²) in [6.07, 6.45) is 2.43. The van der Waals surface area contributed by atoms with Crippen molar-refractivity contribution in [3.63, 3.8) is 0 Å². The number of alkyl halides is 1. The second-order valence-corrected chi connectivity index (χ2v) is 6.33. The van der Waals surface area contributed by atoms with Gasteiger partial charge in [0.15, 0.2) is 4.11 Å². The van der Waals surface area contributed by atoms with Crippen LogP contribution in [0.5, 0.6) is 5.75 Å². The fourth-order valence-corrected chi connectivity index (χ4v) is 3.09. The Hall–Kier alpha value is -0.310. The second-order valence-electron chi connectivity index (χ2n) is 3.78. The zero-order valence-electron chi connectivity index (χ0n) is 9.78. The summed E-state index contributed by atoms with van der Waals surface area (Å²) in [5.41, 5.74) is 1.60. The molecule has 2 rings (SSSR count). The Labute approximate surface area is 133 Å². The molecule has 0 aliphatic carbocycles. The van der Waals surface area contributed by atoms with Gasteiger partial charge in [-0.25, -0.2) is 4.79 Å². The van der Waals surface area contributed by atoms with Gasteiger partial charge < -0.3 is 9.47 Å². The van der Waals surface area contributed by atoms with Crippen molar-refractivity contribution in [3.8, 4) is 5.75 Å². The molecule has 1 aromatic carbocycles. The average molecular weight is 470 g/mol. The van der Waals surface area contributed by atoms with Crippen LogP contribution in [0.3, 0.4) is 0 Å². The lowest BCUT2D eigenvalue weighted by molar-refractivity contribution is -0.138. The van der Waals surface area contributed by atoms with Crippen molar-refractivity contribution in [2.75, 3.05) is 6.61 Å². The Morgan fingerprint density at radius 1 is 1.56 bits per heavy atom. The van der Waals surface area contributed by atoms with Gasteiger partial charge in [-0.05, 0) is 64.2 Å². The number of hydrogen-bond acceptors (Lipinski definition) is 3. The van der Waals surface area contributed by atoms with Crippen LogP contribution in [0.4, 0.5) is 0 Å². The van der Waals surface area contributed by atoms with Crippen molar-refractivity contribution in [1.29, 1.82) is 0 Å². The normalized spacial score (nSPS) is 18.2. The quantitative estimate of drug-likeness (QED) is 0.375. The highest BCUT2D eigenvalue weighted by Crippen LogP contribution is 2.34. The molecule has 0 N–H and O–H groups in total. The fraction of sp³-hybridized carbons (Fsp3) is 0.308. The molecule has 18 heavy (non-hydrogen) atoms. The van der Waals surface area contributed by atoms with Crippen molar-refractivity contribution in [1.82, 2.24) is 0 Å². The maximum absolute atomic E-state index is 11.8. The van der Waals surface area contributed by atoms with E-state index in [1.54, 1.807) is 0 Å². The first kappa shape index (κ1) is 14.1. The SMILES string of the molecule is CCOC(=O)C1=Cc2cccc(I)c2OC(I)C1. The molecule has 1 aromatic rings. The van der Waals surface area contributed by atoms with Crippen LogP contribution < -0.4 is 4.74 Å². The van der Waals surface area contributed by atoms with Crippen LogP contribution in [0, 0.1) is 3.57 Å².